The molecule has 0 unspecified atom stereocenters. The van der Waals surface area contributed by atoms with Gasteiger partial charge in [0.15, 0.2) is 0 Å². The van der Waals surface area contributed by atoms with E-state index < -0.39 is 17.1 Å². The average molecular weight is 312 g/mol. The lowest BCUT2D eigenvalue weighted by molar-refractivity contribution is -0.141. The monoisotopic (exact) mass is 312 g/mol. The number of nitrogens with one attached hydrogen (secondary N) is 1. The summed E-state index contributed by atoms with van der Waals surface area (Å²) >= 11 is 0. The molecule has 126 valence electrons. The van der Waals surface area contributed by atoms with Crippen LogP contribution in [0.2, 0.25) is 0 Å². The highest BCUT2D eigenvalue weighted by atomic mass is 16.6. The van der Waals surface area contributed by atoms with E-state index in [4.69, 9.17) is 9.84 Å². The van der Waals surface area contributed by atoms with Gasteiger partial charge in [0.1, 0.15) is 5.60 Å². The number of rotatable bonds is 5. The third-order valence-corrected chi connectivity index (χ3v) is 4.37. The van der Waals surface area contributed by atoms with Gasteiger partial charge in [0.2, 0.25) is 0 Å². The Morgan fingerprint density at radius 3 is 2.36 bits per heavy atom. The zero-order chi connectivity index (χ0) is 16.4. The second-order valence-electron chi connectivity index (χ2n) is 7.72. The van der Waals surface area contributed by atoms with E-state index in [1.165, 1.54) is 25.7 Å². The van der Waals surface area contributed by atoms with Crippen molar-refractivity contribution in [1.29, 1.82) is 0 Å². The minimum atomic E-state index is -0.831. The third-order valence-electron chi connectivity index (χ3n) is 4.37. The standard InChI is InChI=1S/C16H28N2O4/c1-15(2,3)22-14(21)18-10-16(11-18,8-13(19)20)17-9-12-6-4-5-7-12/h12,17H,4-11H2,1-3H3,(H,19,20). The number of carboxylic acids is 1. The van der Waals surface area contributed by atoms with Crippen LogP contribution in [0.25, 0.3) is 0 Å². The van der Waals surface area contributed by atoms with E-state index in [0.29, 0.717) is 19.0 Å². The normalized spacial score (nSPS) is 21.5. The van der Waals surface area contributed by atoms with E-state index in [1.807, 2.05) is 20.8 Å². The molecule has 1 amide bonds. The second-order valence-corrected chi connectivity index (χ2v) is 7.72. The fourth-order valence-electron chi connectivity index (χ4n) is 3.29. The number of aliphatic carboxylic acids is 1. The number of carboxylic acid groups (broad SMARTS) is 1. The molecule has 1 aliphatic carbocycles. The molecule has 2 rings (SSSR count). The summed E-state index contributed by atoms with van der Waals surface area (Å²) < 4.78 is 5.33. The van der Waals surface area contributed by atoms with Crippen LogP contribution in [0.15, 0.2) is 0 Å². The zero-order valence-electron chi connectivity index (χ0n) is 13.9. The van der Waals surface area contributed by atoms with Crippen molar-refractivity contribution in [2.24, 2.45) is 5.92 Å². The zero-order valence-corrected chi connectivity index (χ0v) is 13.9. The molecule has 1 heterocycles. The van der Waals surface area contributed by atoms with Gasteiger partial charge < -0.3 is 20.1 Å². The molecule has 1 aliphatic heterocycles. The molecule has 2 N–H and O–H groups in total. The van der Waals surface area contributed by atoms with Gasteiger partial charge in [-0.15, -0.1) is 0 Å². The maximum Gasteiger partial charge on any atom is 0.410 e. The number of hydrogen-bond acceptors (Lipinski definition) is 4. The molecule has 0 radical (unpaired) electrons. The van der Waals surface area contributed by atoms with Gasteiger partial charge in [-0.25, -0.2) is 4.79 Å². The van der Waals surface area contributed by atoms with Crippen molar-refractivity contribution in [2.45, 2.75) is 64.0 Å². The fraction of sp³-hybridized carbons (Fsp3) is 0.875. The molecule has 1 saturated carbocycles. The highest BCUT2D eigenvalue weighted by molar-refractivity contribution is 5.73. The second kappa shape index (κ2) is 6.44. The number of likely N-dealkylation sites (tertiary alicyclic amines) is 1. The first kappa shape index (κ1) is 17.1. The maximum absolute atomic E-state index is 12.0. The maximum atomic E-state index is 12.0. The average Bonchev–Trinajstić information content (AvgIpc) is 2.81. The lowest BCUT2D eigenvalue weighted by Gasteiger charge is -2.50. The molecule has 0 aromatic rings. The predicted molar refractivity (Wildman–Crippen MR) is 82.8 cm³/mol. The fourth-order valence-corrected chi connectivity index (χ4v) is 3.29. The lowest BCUT2D eigenvalue weighted by Crippen LogP contribution is -2.71. The first-order valence-corrected chi connectivity index (χ1v) is 8.14. The summed E-state index contributed by atoms with van der Waals surface area (Å²) in [6, 6.07) is 0. The van der Waals surface area contributed by atoms with Crippen LogP contribution >= 0.6 is 0 Å². The number of carbonyl (C=O) groups excluding carboxylic acids is 1. The van der Waals surface area contributed by atoms with Crippen molar-refractivity contribution in [3.63, 3.8) is 0 Å². The Labute approximate surface area is 132 Å². The number of nitrogens with zero attached hydrogens (tertiary/aromatic N) is 1. The van der Waals surface area contributed by atoms with E-state index in [2.05, 4.69) is 5.32 Å². The highest BCUT2D eigenvalue weighted by Crippen LogP contribution is 2.29. The smallest absolute Gasteiger partial charge is 0.410 e. The summed E-state index contributed by atoms with van der Waals surface area (Å²) in [6.07, 6.45) is 4.64. The molecule has 0 spiro atoms. The highest BCUT2D eigenvalue weighted by Gasteiger charge is 2.47. The first-order chi connectivity index (χ1) is 10.2. The Morgan fingerprint density at radius 2 is 1.86 bits per heavy atom. The van der Waals surface area contributed by atoms with Crippen LogP contribution in [-0.2, 0) is 9.53 Å². The van der Waals surface area contributed by atoms with Crippen LogP contribution in [0.4, 0.5) is 4.79 Å². The lowest BCUT2D eigenvalue weighted by atomic mass is 9.85. The molecule has 6 heteroatoms. The van der Waals surface area contributed by atoms with Crippen molar-refractivity contribution in [1.82, 2.24) is 10.2 Å². The van der Waals surface area contributed by atoms with Gasteiger partial charge in [0.25, 0.3) is 0 Å². The molecule has 0 bridgehead atoms. The van der Waals surface area contributed by atoms with E-state index in [-0.39, 0.29) is 12.5 Å². The van der Waals surface area contributed by atoms with Crippen LogP contribution in [0, 0.1) is 5.92 Å². The number of ether oxygens (including phenoxy) is 1. The first-order valence-electron chi connectivity index (χ1n) is 8.14. The third kappa shape index (κ3) is 4.60. The van der Waals surface area contributed by atoms with Gasteiger partial charge in [0, 0.05) is 13.1 Å². The number of hydrogen-bond donors (Lipinski definition) is 2. The van der Waals surface area contributed by atoms with Gasteiger partial charge in [-0.2, -0.15) is 0 Å². The van der Waals surface area contributed by atoms with Crippen LogP contribution in [0.5, 0.6) is 0 Å². The van der Waals surface area contributed by atoms with Gasteiger partial charge in [-0.1, -0.05) is 12.8 Å². The Balaban J connectivity index is 1.86. The minimum absolute atomic E-state index is 0.0407. The van der Waals surface area contributed by atoms with Crippen LogP contribution in [0.1, 0.15) is 52.9 Å². The van der Waals surface area contributed by atoms with Gasteiger partial charge in [-0.3, -0.25) is 4.79 Å². The van der Waals surface area contributed by atoms with E-state index >= 15 is 0 Å². The molecule has 22 heavy (non-hydrogen) atoms. The summed E-state index contributed by atoms with van der Waals surface area (Å²) in [4.78, 5) is 24.7. The van der Waals surface area contributed by atoms with Crippen LogP contribution in [-0.4, -0.2) is 52.8 Å². The summed E-state index contributed by atoms with van der Waals surface area (Å²) in [7, 11) is 0. The topological polar surface area (TPSA) is 78.9 Å². The summed E-state index contributed by atoms with van der Waals surface area (Å²) in [6.45, 7) is 7.13. The molecule has 0 aromatic heterocycles. The van der Waals surface area contributed by atoms with Crippen LogP contribution in [0.3, 0.4) is 0 Å². The SMILES string of the molecule is CC(C)(C)OC(=O)N1CC(CC(=O)O)(NCC2CCCC2)C1. The van der Waals surface area contributed by atoms with E-state index in [1.54, 1.807) is 4.90 Å². The Bertz CT molecular complexity index is 418. The molecule has 1 saturated heterocycles. The summed E-state index contributed by atoms with van der Waals surface area (Å²) in [5, 5.41) is 12.6. The molecule has 6 nitrogen and oxygen atoms in total. The summed E-state index contributed by atoms with van der Waals surface area (Å²) in [5.74, 6) is -0.191. The van der Waals surface area contributed by atoms with Crippen molar-refractivity contribution < 1.29 is 19.4 Å². The van der Waals surface area contributed by atoms with Crippen molar-refractivity contribution in [3.05, 3.63) is 0 Å². The Morgan fingerprint density at radius 1 is 1.27 bits per heavy atom. The molecule has 2 aliphatic rings. The van der Waals surface area contributed by atoms with E-state index in [0.717, 1.165) is 6.54 Å². The number of amides is 1. The quantitative estimate of drug-likeness (QED) is 0.814. The van der Waals surface area contributed by atoms with Crippen LogP contribution < -0.4 is 5.32 Å². The largest absolute Gasteiger partial charge is 0.481 e. The van der Waals surface area contributed by atoms with Gasteiger partial charge in [0.05, 0.1) is 12.0 Å². The Kier molecular flexibility index (Phi) is 5.00. The summed E-state index contributed by atoms with van der Waals surface area (Å²) in [5.41, 5.74) is -1.02. The van der Waals surface area contributed by atoms with E-state index in [9.17, 15) is 9.59 Å². The molecule has 0 atom stereocenters. The van der Waals surface area contributed by atoms with Gasteiger partial charge in [-0.05, 0) is 46.1 Å². The minimum Gasteiger partial charge on any atom is -0.481 e. The van der Waals surface area contributed by atoms with Crippen molar-refractivity contribution >= 4 is 12.1 Å². The molecular weight excluding hydrogens is 284 g/mol. The van der Waals surface area contributed by atoms with Crippen molar-refractivity contribution in [3.8, 4) is 0 Å². The van der Waals surface area contributed by atoms with Crippen molar-refractivity contribution in [2.75, 3.05) is 19.6 Å². The molecular formula is C16H28N2O4. The predicted octanol–water partition coefficient (Wildman–Crippen LogP) is 2.23. The molecule has 2 fully saturated rings. The Hall–Kier alpha value is -1.30. The molecule has 0 aromatic carbocycles. The van der Waals surface area contributed by atoms with Gasteiger partial charge >= 0.3 is 12.1 Å². The number of carbonyl (C=O) groups is 2.